The lowest BCUT2D eigenvalue weighted by atomic mass is 10.2. The van der Waals surface area contributed by atoms with Crippen molar-refractivity contribution in [3.05, 3.63) is 58.4 Å². The number of halogens is 1. The number of amides is 1. The van der Waals surface area contributed by atoms with Crippen molar-refractivity contribution in [3.8, 4) is 0 Å². The summed E-state index contributed by atoms with van der Waals surface area (Å²) in [7, 11) is 0. The Morgan fingerprint density at radius 2 is 2.05 bits per heavy atom. The van der Waals surface area contributed by atoms with Crippen LogP contribution in [0.3, 0.4) is 0 Å². The number of para-hydroxylation sites is 1. The number of hydrogen-bond donors (Lipinski definition) is 1. The van der Waals surface area contributed by atoms with Gasteiger partial charge in [0.2, 0.25) is 0 Å². The summed E-state index contributed by atoms with van der Waals surface area (Å²) in [6.45, 7) is 1.78. The van der Waals surface area contributed by atoms with Crippen molar-refractivity contribution >= 4 is 38.6 Å². The molecule has 1 heterocycles. The number of fused-ring (bicyclic) bond motifs is 1. The van der Waals surface area contributed by atoms with Crippen LogP contribution in [0.15, 0.2) is 51.4 Å². The highest BCUT2D eigenvalue weighted by molar-refractivity contribution is 9.10. The molecule has 100 valence electrons. The monoisotopic (exact) mass is 330 g/mol. The Labute approximate surface area is 123 Å². The summed E-state index contributed by atoms with van der Waals surface area (Å²) >= 11 is 3.40. The number of nitrogens with zero attached hydrogens (tertiary/aromatic N) is 1. The van der Waals surface area contributed by atoms with Crippen molar-refractivity contribution in [2.45, 2.75) is 6.92 Å². The highest BCUT2D eigenvalue weighted by atomic mass is 79.9. The smallest absolute Gasteiger partial charge is 0.255 e. The van der Waals surface area contributed by atoms with E-state index in [1.165, 1.54) is 0 Å². The van der Waals surface area contributed by atoms with Gasteiger partial charge in [-0.3, -0.25) is 4.79 Å². The third-order valence-corrected chi connectivity index (χ3v) is 3.57. The van der Waals surface area contributed by atoms with E-state index in [2.05, 4.69) is 26.2 Å². The lowest BCUT2D eigenvalue weighted by Gasteiger charge is -2.06. The second kappa shape index (κ2) is 5.09. The largest absolute Gasteiger partial charge is 0.441 e. The zero-order valence-electron chi connectivity index (χ0n) is 10.7. The van der Waals surface area contributed by atoms with Crippen LogP contribution in [0.25, 0.3) is 11.1 Å². The first kappa shape index (κ1) is 12.9. The van der Waals surface area contributed by atoms with Gasteiger partial charge >= 0.3 is 0 Å². The average Bonchev–Trinajstić information content (AvgIpc) is 2.80. The number of oxazole rings is 1. The first-order valence-corrected chi connectivity index (χ1v) is 6.86. The minimum Gasteiger partial charge on any atom is -0.441 e. The zero-order chi connectivity index (χ0) is 14.1. The molecule has 0 fully saturated rings. The number of hydrogen-bond acceptors (Lipinski definition) is 3. The molecule has 0 aliphatic heterocycles. The molecule has 0 bridgehead atoms. The summed E-state index contributed by atoms with van der Waals surface area (Å²) in [6.07, 6.45) is 0. The minimum absolute atomic E-state index is 0.181. The van der Waals surface area contributed by atoms with Gasteiger partial charge in [-0.1, -0.05) is 12.1 Å². The fourth-order valence-electron chi connectivity index (χ4n) is 1.94. The Balaban J connectivity index is 1.90. The van der Waals surface area contributed by atoms with E-state index < -0.39 is 0 Å². The molecule has 4 nitrogen and oxygen atoms in total. The van der Waals surface area contributed by atoms with Gasteiger partial charge in [-0.15, -0.1) is 0 Å². The Morgan fingerprint density at radius 3 is 2.85 bits per heavy atom. The molecule has 0 aliphatic carbocycles. The molecule has 0 aliphatic rings. The average molecular weight is 331 g/mol. The summed E-state index contributed by atoms with van der Waals surface area (Å²) < 4.78 is 6.23. The van der Waals surface area contributed by atoms with Crippen LogP contribution in [0.2, 0.25) is 0 Å². The van der Waals surface area contributed by atoms with Gasteiger partial charge in [0.25, 0.3) is 5.91 Å². The Kier molecular flexibility index (Phi) is 3.28. The molecule has 1 amide bonds. The second-order valence-electron chi connectivity index (χ2n) is 4.35. The van der Waals surface area contributed by atoms with E-state index in [-0.39, 0.29) is 5.91 Å². The molecule has 0 atom stereocenters. The number of aromatic nitrogens is 1. The normalized spacial score (nSPS) is 10.7. The Morgan fingerprint density at radius 1 is 1.25 bits per heavy atom. The van der Waals surface area contributed by atoms with Gasteiger partial charge in [-0.2, -0.15) is 0 Å². The quantitative estimate of drug-likeness (QED) is 0.767. The third-order valence-electron chi connectivity index (χ3n) is 2.88. The molecule has 1 aromatic heterocycles. The Hall–Kier alpha value is -2.14. The van der Waals surface area contributed by atoms with Crippen molar-refractivity contribution in [2.75, 3.05) is 5.32 Å². The number of nitrogens with one attached hydrogen (secondary N) is 1. The summed E-state index contributed by atoms with van der Waals surface area (Å²) in [5, 5.41) is 2.85. The van der Waals surface area contributed by atoms with Crippen molar-refractivity contribution in [3.63, 3.8) is 0 Å². The molecule has 3 rings (SSSR count). The summed E-state index contributed by atoms with van der Waals surface area (Å²) in [5.41, 5.74) is 2.64. The maximum atomic E-state index is 12.2. The van der Waals surface area contributed by atoms with Crippen LogP contribution in [0.5, 0.6) is 0 Å². The lowest BCUT2D eigenvalue weighted by molar-refractivity contribution is 0.102. The fourth-order valence-corrected chi connectivity index (χ4v) is 2.32. The maximum absolute atomic E-state index is 12.2. The minimum atomic E-state index is -0.181. The van der Waals surface area contributed by atoms with Gasteiger partial charge in [-0.05, 0) is 46.3 Å². The maximum Gasteiger partial charge on any atom is 0.255 e. The summed E-state index contributed by atoms with van der Waals surface area (Å²) in [5.74, 6) is 0.405. The van der Waals surface area contributed by atoms with Crippen LogP contribution in [-0.4, -0.2) is 10.9 Å². The van der Waals surface area contributed by atoms with Crippen LogP contribution in [-0.2, 0) is 0 Å². The molecule has 3 aromatic rings. The number of rotatable bonds is 2. The molecule has 2 aromatic carbocycles. The Bertz CT molecular complexity index is 795. The van der Waals surface area contributed by atoms with Crippen molar-refractivity contribution in [1.82, 2.24) is 4.98 Å². The molecule has 5 heteroatoms. The lowest BCUT2D eigenvalue weighted by Crippen LogP contribution is -2.12. The van der Waals surface area contributed by atoms with Gasteiger partial charge in [-0.25, -0.2) is 4.98 Å². The van der Waals surface area contributed by atoms with E-state index in [9.17, 15) is 4.79 Å². The predicted molar refractivity (Wildman–Crippen MR) is 80.8 cm³/mol. The third kappa shape index (κ3) is 2.44. The first-order chi connectivity index (χ1) is 9.63. The molecular formula is C15H11BrN2O2. The number of anilines is 1. The van der Waals surface area contributed by atoms with E-state index in [4.69, 9.17) is 4.42 Å². The molecule has 20 heavy (non-hydrogen) atoms. The molecule has 0 spiro atoms. The number of benzene rings is 2. The number of carbonyl (C=O) groups is 1. The van der Waals surface area contributed by atoms with Crippen LogP contribution < -0.4 is 5.32 Å². The number of carbonyl (C=O) groups excluding carboxylic acids is 1. The van der Waals surface area contributed by atoms with E-state index in [1.807, 2.05) is 24.3 Å². The van der Waals surface area contributed by atoms with Crippen molar-refractivity contribution < 1.29 is 9.21 Å². The molecule has 0 saturated heterocycles. The molecule has 0 saturated carbocycles. The van der Waals surface area contributed by atoms with Crippen molar-refractivity contribution in [1.29, 1.82) is 0 Å². The molecular weight excluding hydrogens is 320 g/mol. The molecule has 0 unspecified atom stereocenters. The van der Waals surface area contributed by atoms with E-state index in [1.54, 1.807) is 25.1 Å². The van der Waals surface area contributed by atoms with Gasteiger partial charge in [0, 0.05) is 17.0 Å². The highest BCUT2D eigenvalue weighted by Crippen LogP contribution is 2.23. The molecule has 1 N–H and O–H groups in total. The van der Waals surface area contributed by atoms with Crippen molar-refractivity contribution in [2.24, 2.45) is 0 Å². The standard InChI is InChI=1S/C15H11BrN2O2/c1-9-17-13-8-10(6-7-14(13)20-9)15(19)18-12-5-3-2-4-11(12)16/h2-8H,1H3,(H,18,19). The second-order valence-corrected chi connectivity index (χ2v) is 5.20. The van der Waals surface area contributed by atoms with Crippen LogP contribution in [0.1, 0.15) is 16.2 Å². The van der Waals surface area contributed by atoms with Crippen LogP contribution >= 0.6 is 15.9 Å². The van der Waals surface area contributed by atoms with Crippen LogP contribution in [0.4, 0.5) is 5.69 Å². The molecule has 0 radical (unpaired) electrons. The fraction of sp³-hybridized carbons (Fsp3) is 0.0667. The zero-order valence-corrected chi connectivity index (χ0v) is 12.3. The number of aryl methyl sites for hydroxylation is 1. The topological polar surface area (TPSA) is 55.1 Å². The predicted octanol–water partition coefficient (Wildman–Crippen LogP) is 4.15. The van der Waals surface area contributed by atoms with E-state index >= 15 is 0 Å². The summed E-state index contributed by atoms with van der Waals surface area (Å²) in [6, 6.07) is 12.7. The summed E-state index contributed by atoms with van der Waals surface area (Å²) in [4.78, 5) is 16.5. The van der Waals surface area contributed by atoms with E-state index in [0.29, 0.717) is 22.6 Å². The van der Waals surface area contributed by atoms with Gasteiger partial charge < -0.3 is 9.73 Å². The van der Waals surface area contributed by atoms with E-state index in [0.717, 1.165) is 10.2 Å². The van der Waals surface area contributed by atoms with Gasteiger partial charge in [0.15, 0.2) is 11.5 Å². The van der Waals surface area contributed by atoms with Gasteiger partial charge in [0.1, 0.15) is 5.52 Å². The van der Waals surface area contributed by atoms with Crippen LogP contribution in [0, 0.1) is 6.92 Å². The first-order valence-electron chi connectivity index (χ1n) is 6.06. The SMILES string of the molecule is Cc1nc2cc(C(=O)Nc3ccccc3Br)ccc2o1. The highest BCUT2D eigenvalue weighted by Gasteiger charge is 2.10. The van der Waals surface area contributed by atoms with Gasteiger partial charge in [0.05, 0.1) is 5.69 Å².